The van der Waals surface area contributed by atoms with Crippen LogP contribution in [0.1, 0.15) is 48.2 Å². The summed E-state index contributed by atoms with van der Waals surface area (Å²) in [5.41, 5.74) is 0. The first-order chi connectivity index (χ1) is 9.00. The molecule has 2 N–H and O–H groups in total. The quantitative estimate of drug-likeness (QED) is 0.837. The maximum Gasteiger partial charge on any atom is 0.347 e. The van der Waals surface area contributed by atoms with Gasteiger partial charge in [-0.2, -0.15) is 0 Å². The van der Waals surface area contributed by atoms with Gasteiger partial charge in [-0.1, -0.05) is 25.7 Å². The average molecular weight is 303 g/mol. The van der Waals surface area contributed by atoms with Gasteiger partial charge in [-0.3, -0.25) is 0 Å². The lowest BCUT2D eigenvalue weighted by Crippen LogP contribution is -2.34. The normalized spacial score (nSPS) is 18.1. The molecule has 0 aromatic carbocycles. The van der Waals surface area contributed by atoms with Crippen LogP contribution in [0, 0.1) is 0 Å². The molecule has 1 aromatic rings. The van der Waals surface area contributed by atoms with Gasteiger partial charge in [-0.15, -0.1) is 11.3 Å². The lowest BCUT2D eigenvalue weighted by molar-refractivity contribution is 0.0698. The molecular formula is C12H17NO4S2. The smallest absolute Gasteiger partial charge is 0.347 e. The van der Waals surface area contributed by atoms with Crippen molar-refractivity contribution in [3.63, 3.8) is 0 Å². The zero-order chi connectivity index (χ0) is 13.9. The van der Waals surface area contributed by atoms with Gasteiger partial charge < -0.3 is 5.11 Å². The summed E-state index contributed by atoms with van der Waals surface area (Å²) >= 11 is 0.932. The first kappa shape index (κ1) is 14.5. The Morgan fingerprint density at radius 3 is 2.47 bits per heavy atom. The molecule has 19 heavy (non-hydrogen) atoms. The molecule has 0 bridgehead atoms. The van der Waals surface area contributed by atoms with Crippen LogP contribution in [-0.2, 0) is 10.0 Å². The summed E-state index contributed by atoms with van der Waals surface area (Å²) in [7, 11) is -3.73. The minimum absolute atomic E-state index is 0.0750. The second-order valence-electron chi connectivity index (χ2n) is 4.73. The van der Waals surface area contributed by atoms with Crippen molar-refractivity contribution in [1.29, 1.82) is 0 Å². The Hall–Kier alpha value is -0.920. The van der Waals surface area contributed by atoms with Crippen LogP contribution in [0.4, 0.5) is 0 Å². The molecule has 106 valence electrons. The van der Waals surface area contributed by atoms with Crippen molar-refractivity contribution in [2.45, 2.75) is 49.5 Å². The van der Waals surface area contributed by atoms with Crippen molar-refractivity contribution < 1.29 is 18.3 Å². The minimum Gasteiger partial charge on any atom is -0.477 e. The number of rotatable bonds is 4. The fourth-order valence-corrected chi connectivity index (χ4v) is 4.91. The van der Waals surface area contributed by atoms with E-state index in [1.807, 2.05) is 0 Å². The summed E-state index contributed by atoms with van der Waals surface area (Å²) in [5.74, 6) is -1.20. The Labute approximate surface area is 116 Å². The van der Waals surface area contributed by atoms with E-state index in [0.717, 1.165) is 49.9 Å². The molecule has 0 aliphatic heterocycles. The molecule has 1 aliphatic rings. The van der Waals surface area contributed by atoms with Crippen molar-refractivity contribution in [1.82, 2.24) is 4.72 Å². The zero-order valence-electron chi connectivity index (χ0n) is 10.5. The monoisotopic (exact) mass is 303 g/mol. The highest BCUT2D eigenvalue weighted by Gasteiger charge is 2.26. The van der Waals surface area contributed by atoms with Gasteiger partial charge in [0.2, 0.25) is 10.0 Å². The number of thiophene rings is 1. The van der Waals surface area contributed by atoms with E-state index in [2.05, 4.69) is 4.72 Å². The molecule has 0 spiro atoms. The largest absolute Gasteiger partial charge is 0.477 e. The summed E-state index contributed by atoms with van der Waals surface area (Å²) < 4.78 is 27.1. The maximum atomic E-state index is 12.2. The lowest BCUT2D eigenvalue weighted by Gasteiger charge is -2.16. The van der Waals surface area contributed by atoms with E-state index in [1.165, 1.54) is 11.4 Å². The molecule has 0 saturated heterocycles. The number of carboxylic acids is 1. The topological polar surface area (TPSA) is 83.5 Å². The summed E-state index contributed by atoms with van der Waals surface area (Å²) in [4.78, 5) is 10.8. The third kappa shape index (κ3) is 3.55. The number of hydrogen-bond acceptors (Lipinski definition) is 4. The van der Waals surface area contributed by atoms with Crippen LogP contribution in [0.25, 0.3) is 0 Å². The van der Waals surface area contributed by atoms with Crippen LogP contribution in [0.5, 0.6) is 0 Å². The number of aromatic carboxylic acids is 1. The molecule has 0 amide bonds. The molecule has 1 heterocycles. The van der Waals surface area contributed by atoms with Crippen LogP contribution in [0.15, 0.2) is 16.3 Å². The fraction of sp³-hybridized carbons (Fsp3) is 0.583. The average Bonchev–Trinajstić information content (AvgIpc) is 2.71. The van der Waals surface area contributed by atoms with Gasteiger partial charge in [0.15, 0.2) is 0 Å². The summed E-state index contributed by atoms with van der Waals surface area (Å²) in [6, 6.07) is 1.28. The molecule has 7 heteroatoms. The third-order valence-electron chi connectivity index (χ3n) is 3.29. The van der Waals surface area contributed by atoms with Gasteiger partial charge in [0.05, 0.1) is 0 Å². The Morgan fingerprint density at radius 2 is 1.89 bits per heavy atom. The van der Waals surface area contributed by atoms with Gasteiger partial charge in [0.25, 0.3) is 0 Å². The van der Waals surface area contributed by atoms with Crippen LogP contribution in [-0.4, -0.2) is 25.5 Å². The minimum atomic E-state index is -3.73. The molecule has 1 aliphatic carbocycles. The van der Waals surface area contributed by atoms with Crippen molar-refractivity contribution in [2.24, 2.45) is 0 Å². The van der Waals surface area contributed by atoms with Gasteiger partial charge in [0.1, 0.15) is 9.77 Å². The number of nitrogens with one attached hydrogen (secondary N) is 1. The summed E-state index contributed by atoms with van der Waals surface area (Å²) in [6.07, 6.45) is 5.96. The fourth-order valence-electron chi connectivity index (χ4n) is 2.35. The Morgan fingerprint density at radius 1 is 1.26 bits per heavy atom. The zero-order valence-corrected chi connectivity index (χ0v) is 12.1. The van der Waals surface area contributed by atoms with E-state index in [1.54, 1.807) is 0 Å². The molecule has 0 radical (unpaired) electrons. The molecule has 0 unspecified atom stereocenters. The Balaban J connectivity index is 2.17. The van der Waals surface area contributed by atoms with E-state index < -0.39 is 16.0 Å². The number of hydrogen-bond donors (Lipinski definition) is 2. The van der Waals surface area contributed by atoms with E-state index in [-0.39, 0.29) is 15.8 Å². The second-order valence-corrected chi connectivity index (χ2v) is 7.33. The van der Waals surface area contributed by atoms with E-state index in [4.69, 9.17) is 5.11 Å². The maximum absolute atomic E-state index is 12.2. The highest BCUT2D eigenvalue weighted by atomic mass is 32.2. The predicted octanol–water partition coefficient (Wildman–Crippen LogP) is 2.45. The molecular weight excluding hydrogens is 286 g/mol. The molecule has 0 atom stereocenters. The molecule has 5 nitrogen and oxygen atoms in total. The standard InChI is InChI=1S/C12H17NO4S2/c14-12(15)11-10(7-8-18-11)19(16,17)13-9-5-3-1-2-4-6-9/h7-9,13H,1-6H2,(H,14,15). The number of carboxylic acid groups (broad SMARTS) is 1. The van der Waals surface area contributed by atoms with Crippen LogP contribution in [0.3, 0.4) is 0 Å². The van der Waals surface area contributed by atoms with Crippen molar-refractivity contribution in [3.05, 3.63) is 16.3 Å². The van der Waals surface area contributed by atoms with Gasteiger partial charge in [-0.25, -0.2) is 17.9 Å². The lowest BCUT2D eigenvalue weighted by atomic mass is 10.1. The van der Waals surface area contributed by atoms with Crippen molar-refractivity contribution in [3.8, 4) is 0 Å². The van der Waals surface area contributed by atoms with Crippen LogP contribution >= 0.6 is 11.3 Å². The van der Waals surface area contributed by atoms with Crippen molar-refractivity contribution >= 4 is 27.3 Å². The predicted molar refractivity (Wildman–Crippen MR) is 73.1 cm³/mol. The first-order valence-electron chi connectivity index (χ1n) is 6.34. The molecule has 1 fully saturated rings. The molecule has 2 rings (SSSR count). The molecule has 1 saturated carbocycles. The summed E-state index contributed by atoms with van der Waals surface area (Å²) in [5, 5.41) is 10.5. The van der Waals surface area contributed by atoms with Crippen molar-refractivity contribution in [2.75, 3.05) is 0 Å². The third-order valence-corrected chi connectivity index (χ3v) is 5.88. The highest BCUT2D eigenvalue weighted by Crippen LogP contribution is 2.24. The Bertz CT molecular complexity index is 542. The first-order valence-corrected chi connectivity index (χ1v) is 8.70. The van der Waals surface area contributed by atoms with E-state index >= 15 is 0 Å². The number of sulfonamides is 1. The van der Waals surface area contributed by atoms with Gasteiger partial charge in [0, 0.05) is 6.04 Å². The van der Waals surface area contributed by atoms with Crippen LogP contribution in [0.2, 0.25) is 0 Å². The SMILES string of the molecule is O=C(O)c1sccc1S(=O)(=O)NC1CCCCCC1. The Kier molecular flexibility index (Phi) is 4.59. The van der Waals surface area contributed by atoms with Gasteiger partial charge in [-0.05, 0) is 24.3 Å². The van der Waals surface area contributed by atoms with Gasteiger partial charge >= 0.3 is 5.97 Å². The van der Waals surface area contributed by atoms with E-state index in [9.17, 15) is 13.2 Å². The van der Waals surface area contributed by atoms with Crippen LogP contribution < -0.4 is 4.72 Å². The highest BCUT2D eigenvalue weighted by molar-refractivity contribution is 7.89. The summed E-state index contributed by atoms with van der Waals surface area (Å²) in [6.45, 7) is 0. The van der Waals surface area contributed by atoms with E-state index in [0.29, 0.717) is 0 Å². The number of carbonyl (C=O) groups is 1. The second kappa shape index (κ2) is 6.02. The molecule has 1 aromatic heterocycles.